The van der Waals surface area contributed by atoms with Crippen molar-refractivity contribution in [2.75, 3.05) is 17.7 Å². The van der Waals surface area contributed by atoms with Crippen LogP contribution < -0.4 is 14.8 Å². The summed E-state index contributed by atoms with van der Waals surface area (Å²) in [6.45, 7) is -4.41. The van der Waals surface area contributed by atoms with Gasteiger partial charge in [0.2, 0.25) is 11.0 Å². The second-order valence-electron chi connectivity index (χ2n) is 5.25. The number of nitrogens with zero attached hydrogens (tertiary/aromatic N) is 2. The molecule has 1 N–H and O–H groups in total. The van der Waals surface area contributed by atoms with Crippen LogP contribution in [0.25, 0.3) is 6.08 Å². The van der Waals surface area contributed by atoms with E-state index in [1.807, 2.05) is 0 Å². The number of rotatable bonds is 11. The number of ether oxygens (including phenoxy) is 3. The molecule has 8 nitrogen and oxygen atoms in total. The smallest absolute Gasteiger partial charge is 0.387 e. The van der Waals surface area contributed by atoms with Gasteiger partial charge in [-0.15, -0.1) is 10.2 Å². The SMILES string of the molecule is CCOC(=O)CSc1nnc(NC(=O)/C=C/c2ccc(OC(F)F)cc2OC(F)F)s1. The summed E-state index contributed by atoms with van der Waals surface area (Å²) in [5.41, 5.74) is 0.0278. The van der Waals surface area contributed by atoms with E-state index in [9.17, 15) is 27.2 Å². The highest BCUT2D eigenvalue weighted by molar-refractivity contribution is 8.01. The average molecular weight is 481 g/mol. The van der Waals surface area contributed by atoms with Crippen molar-refractivity contribution >= 4 is 46.2 Å². The maximum Gasteiger partial charge on any atom is 0.387 e. The molecule has 0 radical (unpaired) electrons. The van der Waals surface area contributed by atoms with E-state index in [4.69, 9.17) is 4.74 Å². The number of carbonyl (C=O) groups is 2. The highest BCUT2D eigenvalue weighted by Gasteiger charge is 2.13. The van der Waals surface area contributed by atoms with Crippen LogP contribution in [0.4, 0.5) is 22.7 Å². The third-order valence-electron chi connectivity index (χ3n) is 3.10. The Morgan fingerprint density at radius 1 is 1.19 bits per heavy atom. The maximum atomic E-state index is 12.6. The molecule has 1 aromatic carbocycles. The summed E-state index contributed by atoms with van der Waals surface area (Å²) in [5.74, 6) is -1.87. The van der Waals surface area contributed by atoms with Gasteiger partial charge in [0.1, 0.15) is 11.5 Å². The number of alkyl halides is 4. The number of benzene rings is 1. The zero-order valence-corrected chi connectivity index (χ0v) is 17.4. The third kappa shape index (κ3) is 8.80. The molecule has 1 aromatic heterocycles. The number of carbonyl (C=O) groups excluding carboxylic acids is 2. The molecule has 1 amide bonds. The first kappa shape index (κ1) is 24.4. The molecule has 2 aromatic rings. The molecule has 0 atom stereocenters. The first-order chi connectivity index (χ1) is 14.8. The monoisotopic (exact) mass is 481 g/mol. The van der Waals surface area contributed by atoms with Gasteiger partial charge in [-0.2, -0.15) is 17.6 Å². The highest BCUT2D eigenvalue weighted by Crippen LogP contribution is 2.29. The maximum absolute atomic E-state index is 12.6. The lowest BCUT2D eigenvalue weighted by Crippen LogP contribution is -2.08. The minimum Gasteiger partial charge on any atom is -0.465 e. The third-order valence-corrected chi connectivity index (χ3v) is 5.04. The molecule has 0 aliphatic carbocycles. The van der Waals surface area contributed by atoms with Gasteiger partial charge in [0.25, 0.3) is 0 Å². The summed E-state index contributed by atoms with van der Waals surface area (Å²) in [5, 5.41) is 10.1. The topological polar surface area (TPSA) is 99.6 Å². The van der Waals surface area contributed by atoms with Gasteiger partial charge >= 0.3 is 19.2 Å². The van der Waals surface area contributed by atoms with Crippen LogP contribution >= 0.6 is 23.1 Å². The average Bonchev–Trinajstić information content (AvgIpc) is 3.12. The van der Waals surface area contributed by atoms with E-state index in [1.165, 1.54) is 6.07 Å². The number of halogens is 4. The molecule has 0 saturated heterocycles. The molecule has 14 heteroatoms. The molecular formula is C17H15F4N3O5S2. The second-order valence-corrected chi connectivity index (χ2v) is 7.45. The second kappa shape index (κ2) is 12.1. The summed E-state index contributed by atoms with van der Waals surface area (Å²) in [6, 6.07) is 3.14. The van der Waals surface area contributed by atoms with Crippen molar-refractivity contribution < 1.29 is 41.4 Å². The van der Waals surface area contributed by atoms with Crippen LogP contribution in [0.2, 0.25) is 0 Å². The fourth-order valence-corrected chi connectivity index (χ4v) is 3.53. The number of anilines is 1. The molecule has 168 valence electrons. The molecule has 31 heavy (non-hydrogen) atoms. The Bertz CT molecular complexity index is 927. The standard InChI is InChI=1S/C17H15F4N3O5S2/c1-2-27-13(26)8-30-17-24-23-16(31-17)22-12(25)6-4-9-3-5-10(28-14(18)19)7-11(9)29-15(20)21/h3-7,14-15H,2,8H2,1H3,(H,22,23,25)/b6-4+. The molecule has 0 aliphatic rings. The molecule has 0 unspecified atom stereocenters. The van der Waals surface area contributed by atoms with E-state index in [-0.39, 0.29) is 28.8 Å². The molecule has 0 fully saturated rings. The van der Waals surface area contributed by atoms with E-state index in [1.54, 1.807) is 6.92 Å². The predicted octanol–water partition coefficient (Wildman–Crippen LogP) is 4.05. The largest absolute Gasteiger partial charge is 0.465 e. The molecule has 0 aliphatic heterocycles. The lowest BCUT2D eigenvalue weighted by atomic mass is 10.1. The summed E-state index contributed by atoms with van der Waals surface area (Å²) in [7, 11) is 0. The van der Waals surface area contributed by atoms with Gasteiger partial charge in [-0.05, 0) is 25.1 Å². The predicted molar refractivity (Wildman–Crippen MR) is 105 cm³/mol. The Morgan fingerprint density at radius 3 is 2.61 bits per heavy atom. The lowest BCUT2D eigenvalue weighted by molar-refractivity contribution is -0.139. The van der Waals surface area contributed by atoms with Gasteiger partial charge in [0, 0.05) is 17.7 Å². The lowest BCUT2D eigenvalue weighted by Gasteiger charge is -2.11. The zero-order valence-electron chi connectivity index (χ0n) is 15.7. The van der Waals surface area contributed by atoms with E-state index in [0.717, 1.165) is 47.4 Å². The van der Waals surface area contributed by atoms with Crippen molar-refractivity contribution in [2.24, 2.45) is 0 Å². The Kier molecular flexibility index (Phi) is 9.52. The number of hydrogen-bond acceptors (Lipinski definition) is 9. The van der Waals surface area contributed by atoms with Gasteiger partial charge in [0.15, 0.2) is 4.34 Å². The first-order valence-electron chi connectivity index (χ1n) is 8.41. The van der Waals surface area contributed by atoms with E-state index in [2.05, 4.69) is 25.0 Å². The first-order valence-corrected chi connectivity index (χ1v) is 10.2. The number of hydrogen-bond donors (Lipinski definition) is 1. The van der Waals surface area contributed by atoms with E-state index in [0.29, 0.717) is 4.34 Å². The Balaban J connectivity index is 2.00. The molecule has 2 rings (SSSR count). The quantitative estimate of drug-likeness (QED) is 0.169. The number of thioether (sulfide) groups is 1. The number of esters is 1. The van der Waals surface area contributed by atoms with Crippen molar-refractivity contribution in [2.45, 2.75) is 24.5 Å². The highest BCUT2D eigenvalue weighted by atomic mass is 32.2. The van der Waals surface area contributed by atoms with Crippen LogP contribution in [-0.4, -0.2) is 47.7 Å². The van der Waals surface area contributed by atoms with Crippen LogP contribution in [0.15, 0.2) is 28.6 Å². The van der Waals surface area contributed by atoms with Gasteiger partial charge in [-0.1, -0.05) is 23.1 Å². The van der Waals surface area contributed by atoms with Gasteiger partial charge in [0.05, 0.1) is 12.4 Å². The van der Waals surface area contributed by atoms with Crippen LogP contribution in [0.3, 0.4) is 0 Å². The van der Waals surface area contributed by atoms with Crippen molar-refractivity contribution in [1.82, 2.24) is 10.2 Å². The van der Waals surface area contributed by atoms with Crippen LogP contribution in [0.1, 0.15) is 12.5 Å². The van der Waals surface area contributed by atoms with Gasteiger partial charge in [-0.25, -0.2) is 0 Å². The van der Waals surface area contributed by atoms with Crippen LogP contribution in [0, 0.1) is 0 Å². The fraction of sp³-hybridized carbons (Fsp3) is 0.294. The van der Waals surface area contributed by atoms with E-state index >= 15 is 0 Å². The minimum atomic E-state index is -3.21. The van der Waals surface area contributed by atoms with Crippen molar-refractivity contribution in [3.8, 4) is 11.5 Å². The van der Waals surface area contributed by atoms with Crippen molar-refractivity contribution in [1.29, 1.82) is 0 Å². The summed E-state index contributed by atoms with van der Waals surface area (Å²) in [6.07, 6.45) is 2.16. The number of nitrogens with one attached hydrogen (secondary N) is 1. The normalized spacial score (nSPS) is 11.2. The van der Waals surface area contributed by atoms with Gasteiger partial charge < -0.3 is 14.2 Å². The van der Waals surface area contributed by atoms with Crippen molar-refractivity contribution in [3.63, 3.8) is 0 Å². The van der Waals surface area contributed by atoms with Crippen LogP contribution in [0.5, 0.6) is 11.5 Å². The number of aromatic nitrogens is 2. The Morgan fingerprint density at radius 2 is 1.94 bits per heavy atom. The van der Waals surface area contributed by atoms with Crippen LogP contribution in [-0.2, 0) is 14.3 Å². The van der Waals surface area contributed by atoms with E-state index < -0.39 is 30.8 Å². The molecule has 0 saturated carbocycles. The minimum absolute atomic E-state index is 0.0278. The summed E-state index contributed by atoms with van der Waals surface area (Å²) in [4.78, 5) is 23.4. The Hall–Kier alpha value is -2.87. The Labute approximate surface area is 181 Å². The molecule has 1 heterocycles. The van der Waals surface area contributed by atoms with Gasteiger partial charge in [-0.3, -0.25) is 14.9 Å². The molecular weight excluding hydrogens is 466 g/mol. The zero-order chi connectivity index (χ0) is 22.8. The van der Waals surface area contributed by atoms with Crippen molar-refractivity contribution in [3.05, 3.63) is 29.8 Å². The molecule has 0 spiro atoms. The number of amides is 1. The molecule has 0 bridgehead atoms. The fourth-order valence-electron chi connectivity index (χ4n) is 1.98. The summed E-state index contributed by atoms with van der Waals surface area (Å²) < 4.78 is 63.4. The summed E-state index contributed by atoms with van der Waals surface area (Å²) >= 11 is 2.11.